The van der Waals surface area contributed by atoms with Crippen LogP contribution in [0.1, 0.15) is 51.0 Å². The third-order valence-electron chi connectivity index (χ3n) is 5.06. The van der Waals surface area contributed by atoms with Gasteiger partial charge in [0.1, 0.15) is 5.82 Å². The number of benzene rings is 1. The summed E-state index contributed by atoms with van der Waals surface area (Å²) in [6, 6.07) is 6.51. The van der Waals surface area contributed by atoms with Gasteiger partial charge in [0.2, 0.25) is 0 Å². The van der Waals surface area contributed by atoms with Gasteiger partial charge in [-0.25, -0.2) is 9.18 Å². The topological polar surface area (TPSA) is 38.7 Å². The van der Waals surface area contributed by atoms with E-state index in [9.17, 15) is 9.18 Å². The lowest BCUT2D eigenvalue weighted by molar-refractivity contribution is -0.136. The first kappa shape index (κ1) is 16.9. The number of allylic oxidation sites excluding steroid dienone is 1. The predicted octanol–water partition coefficient (Wildman–Crippen LogP) is 4.64. The Balaban J connectivity index is 2.18. The van der Waals surface area contributed by atoms with E-state index in [4.69, 9.17) is 9.73 Å². The van der Waals surface area contributed by atoms with Crippen LogP contribution in [0.4, 0.5) is 4.39 Å². The van der Waals surface area contributed by atoms with E-state index >= 15 is 0 Å². The zero-order valence-electron chi connectivity index (χ0n) is 14.5. The number of fused-ring (bicyclic) bond motifs is 1. The fourth-order valence-corrected chi connectivity index (χ4v) is 3.95. The van der Waals surface area contributed by atoms with Gasteiger partial charge in [-0.2, -0.15) is 0 Å². The second kappa shape index (κ2) is 6.88. The Bertz CT molecular complexity index is 688. The molecule has 1 aromatic rings. The van der Waals surface area contributed by atoms with Crippen LogP contribution in [-0.4, -0.2) is 18.8 Å². The molecule has 4 heteroatoms. The lowest BCUT2D eigenvalue weighted by Crippen LogP contribution is -2.34. The molecule has 2 unspecified atom stereocenters. The molecule has 0 radical (unpaired) electrons. The van der Waals surface area contributed by atoms with Gasteiger partial charge in [0, 0.05) is 17.5 Å². The zero-order valence-corrected chi connectivity index (χ0v) is 14.5. The van der Waals surface area contributed by atoms with Gasteiger partial charge in [0.25, 0.3) is 0 Å². The molecule has 24 heavy (non-hydrogen) atoms. The van der Waals surface area contributed by atoms with Crippen LogP contribution in [0, 0.1) is 17.7 Å². The van der Waals surface area contributed by atoms with Gasteiger partial charge >= 0.3 is 5.97 Å². The van der Waals surface area contributed by atoms with Gasteiger partial charge in [-0.1, -0.05) is 32.4 Å². The molecule has 1 aliphatic carbocycles. The summed E-state index contributed by atoms with van der Waals surface area (Å²) < 4.78 is 18.5. The van der Waals surface area contributed by atoms with Crippen molar-refractivity contribution in [3.05, 3.63) is 46.9 Å². The summed E-state index contributed by atoms with van der Waals surface area (Å²) in [5.74, 6) is -0.331. The Morgan fingerprint density at radius 3 is 2.58 bits per heavy atom. The van der Waals surface area contributed by atoms with Crippen molar-refractivity contribution in [3.63, 3.8) is 0 Å². The molecule has 1 aliphatic heterocycles. The van der Waals surface area contributed by atoms with Crippen molar-refractivity contribution in [3.8, 4) is 0 Å². The number of methoxy groups -OCH3 is 1. The fourth-order valence-electron chi connectivity index (χ4n) is 3.95. The average molecular weight is 329 g/mol. The van der Waals surface area contributed by atoms with E-state index in [1.165, 1.54) is 25.0 Å². The third kappa shape index (κ3) is 3.02. The molecular formula is C20H24FNO2. The smallest absolute Gasteiger partial charge is 0.336 e. The molecule has 2 aliphatic rings. The molecule has 0 saturated heterocycles. The molecule has 0 aromatic heterocycles. The molecule has 1 heterocycles. The Hall–Kier alpha value is -1.97. The molecule has 0 bridgehead atoms. The molecule has 128 valence electrons. The van der Waals surface area contributed by atoms with Crippen LogP contribution in [0.15, 0.2) is 40.5 Å². The number of hydrogen-bond donors (Lipinski definition) is 0. The number of halogens is 1. The first-order valence-electron chi connectivity index (χ1n) is 8.68. The number of hydrogen-bond acceptors (Lipinski definition) is 3. The van der Waals surface area contributed by atoms with E-state index in [1.54, 1.807) is 12.1 Å². The molecule has 0 N–H and O–H groups in total. The van der Waals surface area contributed by atoms with Crippen LogP contribution in [0.5, 0.6) is 0 Å². The monoisotopic (exact) mass is 329 g/mol. The maximum atomic E-state index is 13.4. The van der Waals surface area contributed by atoms with Gasteiger partial charge < -0.3 is 4.74 Å². The zero-order chi connectivity index (χ0) is 17.3. The summed E-state index contributed by atoms with van der Waals surface area (Å²) in [5, 5.41) is 0. The molecule has 1 fully saturated rings. The molecule has 1 saturated carbocycles. The number of carbonyl (C=O) groups is 1. The van der Waals surface area contributed by atoms with E-state index in [-0.39, 0.29) is 29.5 Å². The minimum Gasteiger partial charge on any atom is -0.466 e. The van der Waals surface area contributed by atoms with Crippen LogP contribution < -0.4 is 0 Å². The quantitative estimate of drug-likeness (QED) is 0.758. The van der Waals surface area contributed by atoms with Crippen LogP contribution >= 0.6 is 0 Å². The first-order valence-corrected chi connectivity index (χ1v) is 8.68. The largest absolute Gasteiger partial charge is 0.466 e. The Kier molecular flexibility index (Phi) is 4.83. The molecular weight excluding hydrogens is 305 g/mol. The second-order valence-electron chi connectivity index (χ2n) is 6.93. The summed E-state index contributed by atoms with van der Waals surface area (Å²) in [4.78, 5) is 17.5. The molecule has 3 nitrogen and oxygen atoms in total. The normalized spacial score (nSPS) is 23.8. The van der Waals surface area contributed by atoms with Crippen molar-refractivity contribution >= 4 is 11.7 Å². The summed E-state index contributed by atoms with van der Waals surface area (Å²) in [6.45, 7) is 4.10. The van der Waals surface area contributed by atoms with Gasteiger partial charge in [-0.05, 0) is 42.9 Å². The molecule has 0 spiro atoms. The average Bonchev–Trinajstić information content (AvgIpc) is 2.60. The Morgan fingerprint density at radius 2 is 1.96 bits per heavy atom. The minimum absolute atomic E-state index is 0.0942. The second-order valence-corrected chi connectivity index (χ2v) is 6.93. The number of rotatable bonds is 3. The maximum Gasteiger partial charge on any atom is 0.336 e. The molecule has 0 amide bonds. The summed E-state index contributed by atoms with van der Waals surface area (Å²) in [7, 11) is 1.41. The fraction of sp³-hybridized carbons (Fsp3) is 0.500. The Labute approximate surface area is 142 Å². The van der Waals surface area contributed by atoms with Crippen LogP contribution in [-0.2, 0) is 9.53 Å². The highest BCUT2D eigenvalue weighted by molar-refractivity contribution is 5.98. The third-order valence-corrected chi connectivity index (χ3v) is 5.06. The van der Waals surface area contributed by atoms with E-state index < -0.39 is 0 Å². The van der Waals surface area contributed by atoms with Crippen molar-refractivity contribution in [2.75, 3.05) is 7.11 Å². The summed E-state index contributed by atoms with van der Waals surface area (Å²) in [6.07, 6.45) is 4.26. The van der Waals surface area contributed by atoms with Gasteiger partial charge in [-0.3, -0.25) is 4.99 Å². The lowest BCUT2D eigenvalue weighted by Gasteiger charge is -2.37. The number of nitrogens with zero attached hydrogens (tertiary/aromatic N) is 1. The highest BCUT2D eigenvalue weighted by Crippen LogP contribution is 2.45. The minimum atomic E-state index is -0.318. The van der Waals surface area contributed by atoms with E-state index in [2.05, 4.69) is 0 Å². The molecule has 3 rings (SSSR count). The van der Waals surface area contributed by atoms with Crippen molar-refractivity contribution in [1.82, 2.24) is 0 Å². The maximum absolute atomic E-state index is 13.4. The number of ether oxygens (including phenoxy) is 1. The van der Waals surface area contributed by atoms with Crippen molar-refractivity contribution in [1.29, 1.82) is 0 Å². The van der Waals surface area contributed by atoms with Crippen molar-refractivity contribution in [2.24, 2.45) is 16.8 Å². The molecule has 1 aromatic carbocycles. The Morgan fingerprint density at radius 1 is 1.25 bits per heavy atom. The first-order chi connectivity index (χ1) is 11.5. The van der Waals surface area contributed by atoms with E-state index in [1.807, 2.05) is 13.8 Å². The van der Waals surface area contributed by atoms with Gasteiger partial charge in [0.15, 0.2) is 0 Å². The van der Waals surface area contributed by atoms with Crippen LogP contribution in [0.25, 0.3) is 0 Å². The van der Waals surface area contributed by atoms with Crippen LogP contribution in [0.2, 0.25) is 0 Å². The standard InChI is InChI=1S/C20H24FNO2/c1-12(2)19-18(20(23)24-3)17(13-8-10-14(21)11-9-13)15-6-4-5-7-16(15)22-19/h8-12,15,17H,4-7H2,1-3H3. The molecule has 2 atom stereocenters. The SMILES string of the molecule is COC(=O)C1=C(C(C)C)N=C2CCCCC2C1c1ccc(F)cc1. The van der Waals surface area contributed by atoms with Crippen molar-refractivity contribution < 1.29 is 13.9 Å². The van der Waals surface area contributed by atoms with E-state index in [0.29, 0.717) is 5.57 Å². The van der Waals surface area contributed by atoms with Gasteiger partial charge in [0.05, 0.1) is 18.4 Å². The predicted molar refractivity (Wildman–Crippen MR) is 92.4 cm³/mol. The van der Waals surface area contributed by atoms with Crippen LogP contribution in [0.3, 0.4) is 0 Å². The highest BCUT2D eigenvalue weighted by atomic mass is 19.1. The van der Waals surface area contributed by atoms with Gasteiger partial charge in [-0.15, -0.1) is 0 Å². The number of carbonyl (C=O) groups excluding carboxylic acids is 1. The summed E-state index contributed by atoms with van der Waals surface area (Å²) >= 11 is 0. The number of aliphatic imine (C=N–C) groups is 1. The lowest BCUT2D eigenvalue weighted by atomic mass is 9.69. The summed E-state index contributed by atoms with van der Waals surface area (Å²) in [5.41, 5.74) is 3.63. The highest BCUT2D eigenvalue weighted by Gasteiger charge is 2.40. The van der Waals surface area contributed by atoms with E-state index in [0.717, 1.165) is 36.9 Å². The van der Waals surface area contributed by atoms with Crippen molar-refractivity contribution in [2.45, 2.75) is 45.4 Å². The number of esters is 1.